The van der Waals surface area contributed by atoms with Gasteiger partial charge in [-0.25, -0.2) is 9.78 Å². The first-order chi connectivity index (χ1) is 14.5. The fraction of sp³-hybridized carbons (Fsp3) is 0.450. The molecule has 1 unspecified atom stereocenters. The Labute approximate surface area is 177 Å². The molecule has 31 heavy (non-hydrogen) atoms. The van der Waals surface area contributed by atoms with Gasteiger partial charge in [0.1, 0.15) is 5.75 Å². The number of aliphatic carboxylic acids is 1. The summed E-state index contributed by atoms with van der Waals surface area (Å²) in [4.78, 5) is 27.7. The lowest BCUT2D eigenvalue weighted by Crippen LogP contribution is -2.42. The smallest absolute Gasteiger partial charge is 0.484 e. The molecule has 170 valence electrons. The van der Waals surface area contributed by atoms with Crippen LogP contribution in [0.2, 0.25) is 0 Å². The zero-order valence-corrected chi connectivity index (χ0v) is 17.3. The van der Waals surface area contributed by atoms with Crippen LogP contribution in [0.3, 0.4) is 0 Å². The maximum Gasteiger partial charge on any atom is 0.490 e. The van der Waals surface area contributed by atoms with Crippen molar-refractivity contribution in [2.75, 3.05) is 26.9 Å². The molecule has 0 fully saturated rings. The lowest BCUT2D eigenvalue weighted by Gasteiger charge is -2.32. The number of benzene rings is 1. The summed E-state index contributed by atoms with van der Waals surface area (Å²) in [6, 6.07) is 7.70. The Morgan fingerprint density at radius 1 is 1.29 bits per heavy atom. The molecule has 3 rings (SSSR count). The van der Waals surface area contributed by atoms with Gasteiger partial charge in [-0.2, -0.15) is 13.2 Å². The number of nitrogens with zero attached hydrogens (tertiary/aromatic N) is 3. The van der Waals surface area contributed by atoms with E-state index in [9.17, 15) is 18.0 Å². The Balaban J connectivity index is 0.000000423. The number of alkyl halides is 3. The van der Waals surface area contributed by atoms with Crippen molar-refractivity contribution in [1.82, 2.24) is 14.5 Å². The van der Waals surface area contributed by atoms with E-state index < -0.39 is 12.1 Å². The molecule has 0 saturated heterocycles. The molecule has 1 N–H and O–H groups in total. The molecule has 0 spiro atoms. The number of ether oxygens (including phenoxy) is 2. The number of fused-ring (bicyclic) bond motifs is 1. The van der Waals surface area contributed by atoms with Gasteiger partial charge >= 0.3 is 12.1 Å². The van der Waals surface area contributed by atoms with Crippen molar-refractivity contribution in [2.24, 2.45) is 7.05 Å². The van der Waals surface area contributed by atoms with E-state index in [2.05, 4.69) is 4.98 Å². The third-order valence-corrected chi connectivity index (χ3v) is 4.64. The lowest BCUT2D eigenvalue weighted by atomic mass is 9.99. The summed E-state index contributed by atoms with van der Waals surface area (Å²) in [6.07, 6.45) is -3.29. The maximum atomic E-state index is 12.6. The van der Waals surface area contributed by atoms with Crippen LogP contribution < -0.4 is 4.74 Å². The second-order valence-electron chi connectivity index (χ2n) is 6.97. The van der Waals surface area contributed by atoms with Gasteiger partial charge in [0.2, 0.25) is 0 Å². The number of aromatic nitrogens is 2. The van der Waals surface area contributed by atoms with Gasteiger partial charge in [-0.05, 0) is 18.6 Å². The lowest BCUT2D eigenvalue weighted by molar-refractivity contribution is -0.192. The first-order valence-electron chi connectivity index (χ1n) is 9.30. The van der Waals surface area contributed by atoms with E-state index in [1.807, 2.05) is 42.8 Å². The number of carbonyl (C=O) groups is 2. The van der Waals surface area contributed by atoms with Gasteiger partial charge in [0.05, 0.1) is 25.2 Å². The number of carboxylic acid groups (broad SMARTS) is 1. The van der Waals surface area contributed by atoms with E-state index in [1.54, 1.807) is 18.3 Å². The first kappa shape index (κ1) is 24.2. The predicted octanol–water partition coefficient (Wildman–Crippen LogP) is 2.51. The number of hydrogen-bond acceptors (Lipinski definition) is 5. The molecule has 11 heteroatoms. The van der Waals surface area contributed by atoms with Crippen molar-refractivity contribution in [3.8, 4) is 5.75 Å². The number of carboxylic acids is 1. The number of halogens is 3. The van der Waals surface area contributed by atoms with Crippen LogP contribution in [0.4, 0.5) is 13.2 Å². The number of hydrogen-bond donors (Lipinski definition) is 1. The second kappa shape index (κ2) is 10.3. The highest BCUT2D eigenvalue weighted by molar-refractivity contribution is 5.78. The zero-order chi connectivity index (χ0) is 23.2. The number of methoxy groups -OCH3 is 1. The predicted molar refractivity (Wildman–Crippen MR) is 104 cm³/mol. The quantitative estimate of drug-likeness (QED) is 0.763. The van der Waals surface area contributed by atoms with Crippen LogP contribution in [0.5, 0.6) is 5.75 Å². The molecule has 1 aromatic heterocycles. The summed E-state index contributed by atoms with van der Waals surface area (Å²) in [5.74, 6) is -1.91. The molecule has 2 aromatic rings. The van der Waals surface area contributed by atoms with E-state index in [4.69, 9.17) is 19.4 Å². The molecule has 2 heterocycles. The van der Waals surface area contributed by atoms with E-state index in [1.165, 1.54) is 0 Å². The summed E-state index contributed by atoms with van der Waals surface area (Å²) in [7, 11) is 3.66. The molecule has 8 nitrogen and oxygen atoms in total. The summed E-state index contributed by atoms with van der Waals surface area (Å²) in [6.45, 7) is 3.71. The topological polar surface area (TPSA) is 93.9 Å². The Morgan fingerprint density at radius 2 is 1.94 bits per heavy atom. The van der Waals surface area contributed by atoms with Crippen molar-refractivity contribution in [1.29, 1.82) is 0 Å². The van der Waals surface area contributed by atoms with Gasteiger partial charge in [0, 0.05) is 32.3 Å². The van der Waals surface area contributed by atoms with Crippen molar-refractivity contribution in [2.45, 2.75) is 25.6 Å². The standard InChI is InChI=1S/C18H23N3O3.C2HF3O2/c1-13-6-4-5-7-16(13)24-11-17(22)21-8-14(10-23-3)18-15(9-21)19-12-20(18)2;3-2(4,5)1(6)7/h4-7,12,14H,8-11H2,1-3H3;(H,6,7). The maximum absolute atomic E-state index is 12.6. The molecule has 1 atom stereocenters. The summed E-state index contributed by atoms with van der Waals surface area (Å²) in [5, 5.41) is 7.12. The highest BCUT2D eigenvalue weighted by Gasteiger charge is 2.38. The van der Waals surface area contributed by atoms with Crippen LogP contribution in [0.25, 0.3) is 0 Å². The number of imidazole rings is 1. The molecule has 1 aromatic carbocycles. The van der Waals surface area contributed by atoms with Crippen LogP contribution in [-0.4, -0.2) is 64.5 Å². The van der Waals surface area contributed by atoms with E-state index in [0.29, 0.717) is 19.7 Å². The van der Waals surface area contributed by atoms with Gasteiger partial charge in [-0.15, -0.1) is 0 Å². The SMILES string of the molecule is COCC1CN(C(=O)COc2ccccc2C)Cc2ncn(C)c21.O=C(O)C(F)(F)F. The highest BCUT2D eigenvalue weighted by Crippen LogP contribution is 2.27. The first-order valence-corrected chi connectivity index (χ1v) is 9.30. The van der Waals surface area contributed by atoms with Gasteiger partial charge in [0.25, 0.3) is 5.91 Å². The number of amides is 1. The summed E-state index contributed by atoms with van der Waals surface area (Å²) >= 11 is 0. The van der Waals surface area contributed by atoms with Crippen molar-refractivity contribution >= 4 is 11.9 Å². The molecular weight excluding hydrogens is 419 g/mol. The average Bonchev–Trinajstić information content (AvgIpc) is 3.08. The van der Waals surface area contributed by atoms with Crippen LogP contribution in [-0.2, 0) is 27.9 Å². The van der Waals surface area contributed by atoms with Crippen molar-refractivity contribution in [3.05, 3.63) is 47.5 Å². The molecule has 0 saturated carbocycles. The third-order valence-electron chi connectivity index (χ3n) is 4.64. The minimum absolute atomic E-state index is 0.0318. The van der Waals surface area contributed by atoms with Gasteiger partial charge in [-0.3, -0.25) is 4.79 Å². The van der Waals surface area contributed by atoms with E-state index in [-0.39, 0.29) is 18.4 Å². The van der Waals surface area contributed by atoms with Crippen LogP contribution in [0, 0.1) is 6.92 Å². The summed E-state index contributed by atoms with van der Waals surface area (Å²) < 4.78 is 44.8. The van der Waals surface area contributed by atoms with Gasteiger partial charge in [-0.1, -0.05) is 18.2 Å². The highest BCUT2D eigenvalue weighted by atomic mass is 19.4. The van der Waals surface area contributed by atoms with Crippen LogP contribution >= 0.6 is 0 Å². The van der Waals surface area contributed by atoms with Gasteiger partial charge in [0.15, 0.2) is 6.61 Å². The monoisotopic (exact) mass is 443 g/mol. The van der Waals surface area contributed by atoms with Crippen molar-refractivity contribution in [3.63, 3.8) is 0 Å². The van der Waals surface area contributed by atoms with Crippen LogP contribution in [0.15, 0.2) is 30.6 Å². The van der Waals surface area contributed by atoms with E-state index in [0.717, 1.165) is 22.7 Å². The number of rotatable bonds is 5. The molecule has 1 amide bonds. The number of carbonyl (C=O) groups excluding carboxylic acids is 1. The Bertz CT molecular complexity index is 914. The summed E-state index contributed by atoms with van der Waals surface area (Å²) in [5.41, 5.74) is 3.11. The second-order valence-corrected chi connectivity index (χ2v) is 6.97. The minimum atomic E-state index is -5.08. The Morgan fingerprint density at radius 3 is 2.52 bits per heavy atom. The van der Waals surface area contributed by atoms with Crippen LogP contribution in [0.1, 0.15) is 22.9 Å². The molecule has 0 radical (unpaired) electrons. The molecule has 0 aliphatic carbocycles. The largest absolute Gasteiger partial charge is 0.490 e. The van der Waals surface area contributed by atoms with Gasteiger partial charge < -0.3 is 24.0 Å². The average molecular weight is 443 g/mol. The van der Waals surface area contributed by atoms with E-state index >= 15 is 0 Å². The molecule has 1 aliphatic heterocycles. The fourth-order valence-corrected chi connectivity index (χ4v) is 3.20. The Kier molecular flexibility index (Phi) is 8.03. The molecule has 1 aliphatic rings. The minimum Gasteiger partial charge on any atom is -0.484 e. The zero-order valence-electron chi connectivity index (χ0n) is 17.3. The number of para-hydroxylation sites is 1. The normalized spacial score (nSPS) is 15.5. The molecular formula is C20H24F3N3O5. The third kappa shape index (κ3) is 6.45. The molecule has 0 bridgehead atoms. The Hall–Kier alpha value is -3.08. The fourth-order valence-electron chi connectivity index (χ4n) is 3.20. The number of aryl methyl sites for hydroxylation is 2. The van der Waals surface area contributed by atoms with Crippen molar-refractivity contribution < 1.29 is 37.3 Å².